The van der Waals surface area contributed by atoms with Crippen LogP contribution in [-0.2, 0) is 10.0 Å². The minimum absolute atomic E-state index is 0.0208. The second-order valence-corrected chi connectivity index (χ2v) is 10.3. The summed E-state index contributed by atoms with van der Waals surface area (Å²) < 4.78 is 28.2. The van der Waals surface area contributed by atoms with Crippen molar-refractivity contribution in [3.05, 3.63) is 71.3 Å². The van der Waals surface area contributed by atoms with E-state index in [9.17, 15) is 8.42 Å². The first-order chi connectivity index (χ1) is 12.4. The summed E-state index contributed by atoms with van der Waals surface area (Å²) in [6.07, 6.45) is 13.4. The lowest BCUT2D eigenvalue weighted by atomic mass is 9.80. The van der Waals surface area contributed by atoms with Gasteiger partial charge in [0.15, 0.2) is 0 Å². The van der Waals surface area contributed by atoms with Crippen LogP contribution >= 0.6 is 0 Å². The van der Waals surface area contributed by atoms with Gasteiger partial charge in [-0.2, -0.15) is 4.31 Å². The maximum absolute atomic E-state index is 13.6. The van der Waals surface area contributed by atoms with Crippen LogP contribution in [0.15, 0.2) is 60.2 Å². The van der Waals surface area contributed by atoms with Crippen molar-refractivity contribution in [2.45, 2.75) is 56.2 Å². The zero-order valence-corrected chi connectivity index (χ0v) is 16.4. The fourth-order valence-corrected chi connectivity index (χ4v) is 6.60. The number of aryl methyl sites for hydroxylation is 1. The van der Waals surface area contributed by atoms with E-state index < -0.39 is 14.8 Å². The summed E-state index contributed by atoms with van der Waals surface area (Å²) in [7, 11) is -3.43. The molecule has 3 aliphatic rings. The average Bonchev–Trinajstić information content (AvgIpc) is 3.08. The van der Waals surface area contributed by atoms with Crippen molar-refractivity contribution in [1.82, 2.24) is 4.31 Å². The van der Waals surface area contributed by atoms with Crippen molar-refractivity contribution in [2.75, 3.05) is 6.54 Å². The van der Waals surface area contributed by atoms with Crippen LogP contribution in [0.1, 0.15) is 49.7 Å². The molecule has 4 rings (SSSR count). The standard InChI is InChI=1S/C22H27NO2S/c1-17-9-11-18(12-10-17)20-8-6-7-19-13-16-23(21(19)20)26(24,25)22(2)14-4-3-5-15-22/h3-5,7,9-12,14,20-21H,6,8,13,15-16H2,1-2H3/t20-,21+,22?/m0/s1. The lowest BCUT2D eigenvalue weighted by molar-refractivity contribution is 0.337. The molecule has 0 saturated carbocycles. The maximum Gasteiger partial charge on any atom is 0.224 e. The molecule has 138 valence electrons. The van der Waals surface area contributed by atoms with Crippen LogP contribution in [0, 0.1) is 6.92 Å². The van der Waals surface area contributed by atoms with E-state index in [2.05, 4.69) is 37.3 Å². The van der Waals surface area contributed by atoms with Crippen molar-refractivity contribution in [2.24, 2.45) is 0 Å². The van der Waals surface area contributed by atoms with Gasteiger partial charge in [-0.1, -0.05) is 65.8 Å². The Hall–Kier alpha value is -1.65. The molecule has 0 spiro atoms. The van der Waals surface area contributed by atoms with E-state index in [1.807, 2.05) is 35.5 Å². The SMILES string of the molecule is Cc1ccc([C@@H]2CCC=C3CCN(S(=O)(=O)C4(C)C=CC=CC4)[C@H]32)cc1. The summed E-state index contributed by atoms with van der Waals surface area (Å²) in [4.78, 5) is 0. The van der Waals surface area contributed by atoms with Crippen molar-refractivity contribution >= 4 is 10.0 Å². The largest absolute Gasteiger partial charge is 0.224 e. The van der Waals surface area contributed by atoms with Crippen LogP contribution in [0.25, 0.3) is 0 Å². The molecule has 1 aromatic carbocycles. The van der Waals surface area contributed by atoms with E-state index in [0.717, 1.165) is 19.3 Å². The molecule has 3 atom stereocenters. The lowest BCUT2D eigenvalue weighted by Crippen LogP contribution is -2.49. The van der Waals surface area contributed by atoms with Crippen molar-refractivity contribution in [3.63, 3.8) is 0 Å². The molecule has 0 radical (unpaired) electrons. The van der Waals surface area contributed by atoms with Gasteiger partial charge in [0.1, 0.15) is 4.75 Å². The molecule has 0 N–H and O–H groups in total. The second-order valence-electron chi connectivity index (χ2n) is 7.99. The van der Waals surface area contributed by atoms with Crippen molar-refractivity contribution in [1.29, 1.82) is 0 Å². The third-order valence-electron chi connectivity index (χ3n) is 6.20. The molecule has 3 nitrogen and oxygen atoms in total. The summed E-state index contributed by atoms with van der Waals surface area (Å²) in [6, 6.07) is 8.61. The first-order valence-electron chi connectivity index (χ1n) is 9.54. The molecule has 0 bridgehead atoms. The van der Waals surface area contributed by atoms with Crippen molar-refractivity contribution in [3.8, 4) is 0 Å². The number of sulfonamides is 1. The Morgan fingerprint density at radius 2 is 1.92 bits per heavy atom. The predicted octanol–water partition coefficient (Wildman–Crippen LogP) is 4.48. The molecule has 0 amide bonds. The van der Waals surface area contributed by atoms with Crippen LogP contribution in [0.2, 0.25) is 0 Å². The molecular formula is C22H27NO2S. The highest BCUT2D eigenvalue weighted by molar-refractivity contribution is 7.90. The summed E-state index contributed by atoms with van der Waals surface area (Å²) in [5.41, 5.74) is 3.81. The Morgan fingerprint density at radius 1 is 1.15 bits per heavy atom. The third kappa shape index (κ3) is 2.80. The molecule has 26 heavy (non-hydrogen) atoms. The van der Waals surface area contributed by atoms with E-state index in [4.69, 9.17) is 0 Å². The van der Waals surface area contributed by atoms with Crippen molar-refractivity contribution < 1.29 is 8.42 Å². The summed E-state index contributed by atoms with van der Waals surface area (Å²) in [5, 5.41) is 0. The van der Waals surface area contributed by atoms with Gasteiger partial charge in [-0.15, -0.1) is 0 Å². The Bertz CT molecular complexity index is 879. The minimum Gasteiger partial charge on any atom is -0.211 e. The first-order valence-corrected chi connectivity index (χ1v) is 11.0. The van der Waals surface area contributed by atoms with E-state index >= 15 is 0 Å². The minimum atomic E-state index is -3.43. The molecular weight excluding hydrogens is 342 g/mol. The van der Waals surface area contributed by atoms with Gasteiger partial charge in [-0.3, -0.25) is 0 Å². The predicted molar refractivity (Wildman–Crippen MR) is 107 cm³/mol. The molecule has 1 saturated heterocycles. The maximum atomic E-state index is 13.6. The average molecular weight is 370 g/mol. The number of allylic oxidation sites excluding steroid dienone is 4. The zero-order valence-electron chi connectivity index (χ0n) is 15.6. The Labute approximate surface area is 157 Å². The van der Waals surface area contributed by atoms with Gasteiger partial charge in [0.2, 0.25) is 10.0 Å². The molecule has 2 aliphatic carbocycles. The number of fused-ring (bicyclic) bond motifs is 1. The summed E-state index contributed by atoms with van der Waals surface area (Å²) in [6.45, 7) is 4.55. The molecule has 4 heteroatoms. The van der Waals surface area contributed by atoms with E-state index in [0.29, 0.717) is 13.0 Å². The zero-order chi connectivity index (χ0) is 18.4. The molecule has 1 aliphatic heterocycles. The van der Waals surface area contributed by atoms with Crippen LogP contribution < -0.4 is 0 Å². The summed E-state index contributed by atoms with van der Waals surface area (Å²) in [5.74, 6) is 0.250. The number of hydrogen-bond donors (Lipinski definition) is 0. The first kappa shape index (κ1) is 17.7. The van der Waals surface area contributed by atoms with Crippen LogP contribution in [0.3, 0.4) is 0 Å². The van der Waals surface area contributed by atoms with Gasteiger partial charge in [0, 0.05) is 12.5 Å². The van der Waals surface area contributed by atoms with Gasteiger partial charge in [0.05, 0.1) is 6.04 Å². The summed E-state index contributed by atoms with van der Waals surface area (Å²) >= 11 is 0. The third-order valence-corrected chi connectivity index (χ3v) is 8.71. The highest BCUT2D eigenvalue weighted by Crippen LogP contribution is 2.45. The molecule has 1 unspecified atom stereocenters. The number of hydrogen-bond acceptors (Lipinski definition) is 2. The van der Waals surface area contributed by atoms with Crippen LogP contribution in [-0.4, -0.2) is 30.1 Å². The monoisotopic (exact) mass is 369 g/mol. The number of benzene rings is 1. The number of nitrogens with zero attached hydrogens (tertiary/aromatic N) is 1. The fraction of sp³-hybridized carbons (Fsp3) is 0.455. The lowest BCUT2D eigenvalue weighted by Gasteiger charge is -2.39. The smallest absolute Gasteiger partial charge is 0.211 e. The quantitative estimate of drug-likeness (QED) is 0.737. The normalized spacial score (nSPS) is 31.7. The highest BCUT2D eigenvalue weighted by Gasteiger charge is 2.49. The highest BCUT2D eigenvalue weighted by atomic mass is 32.2. The molecule has 1 fully saturated rings. The second kappa shape index (κ2) is 6.50. The Balaban J connectivity index is 1.72. The van der Waals surface area contributed by atoms with Gasteiger partial charge >= 0.3 is 0 Å². The number of rotatable bonds is 3. The van der Waals surface area contributed by atoms with E-state index in [1.165, 1.54) is 16.7 Å². The molecule has 1 aromatic rings. The Kier molecular flexibility index (Phi) is 4.44. The Morgan fingerprint density at radius 3 is 2.62 bits per heavy atom. The van der Waals surface area contributed by atoms with E-state index in [1.54, 1.807) is 0 Å². The van der Waals surface area contributed by atoms with Gasteiger partial charge < -0.3 is 0 Å². The molecule has 1 heterocycles. The van der Waals surface area contributed by atoms with Gasteiger partial charge in [-0.05, 0) is 45.1 Å². The van der Waals surface area contributed by atoms with Crippen LogP contribution in [0.5, 0.6) is 0 Å². The van der Waals surface area contributed by atoms with Gasteiger partial charge in [0.25, 0.3) is 0 Å². The topological polar surface area (TPSA) is 37.4 Å². The molecule has 0 aromatic heterocycles. The van der Waals surface area contributed by atoms with Gasteiger partial charge in [-0.25, -0.2) is 8.42 Å². The fourth-order valence-electron chi connectivity index (χ4n) is 4.60. The van der Waals surface area contributed by atoms with E-state index in [-0.39, 0.29) is 12.0 Å². The van der Waals surface area contributed by atoms with Crippen LogP contribution in [0.4, 0.5) is 0 Å².